The first-order chi connectivity index (χ1) is 11.9. The van der Waals surface area contributed by atoms with Crippen molar-refractivity contribution in [2.75, 3.05) is 13.1 Å². The molecule has 1 aliphatic rings. The molecule has 1 aromatic heterocycles. The van der Waals surface area contributed by atoms with E-state index in [0.29, 0.717) is 42.9 Å². The number of nitrogens with zero attached hydrogens (tertiary/aromatic N) is 2. The summed E-state index contributed by atoms with van der Waals surface area (Å²) < 4.78 is 27.9. The van der Waals surface area contributed by atoms with Crippen molar-refractivity contribution in [1.29, 1.82) is 0 Å². The van der Waals surface area contributed by atoms with Crippen molar-refractivity contribution >= 4 is 15.9 Å². The lowest BCUT2D eigenvalue weighted by Gasteiger charge is -2.32. The Labute approximate surface area is 147 Å². The van der Waals surface area contributed by atoms with Gasteiger partial charge in [0.05, 0.1) is 11.4 Å². The zero-order valence-electron chi connectivity index (χ0n) is 14.3. The van der Waals surface area contributed by atoms with Crippen LogP contribution in [0.15, 0.2) is 35.2 Å². The number of aromatic nitrogens is 2. The van der Waals surface area contributed by atoms with Crippen LogP contribution >= 0.6 is 0 Å². The molecule has 0 spiro atoms. The number of hydrogen-bond acceptors (Lipinski definition) is 4. The van der Waals surface area contributed by atoms with Gasteiger partial charge in [-0.2, -0.15) is 5.10 Å². The highest BCUT2D eigenvalue weighted by atomic mass is 32.2. The zero-order chi connectivity index (χ0) is 18.0. The summed E-state index contributed by atoms with van der Waals surface area (Å²) in [6.45, 7) is 4.42. The standard InChI is InChI=1S/C17H22N4O3S/c1-12-16(13(2)19-18-12)25(23,24)20-15-8-10-21(11-9-15)17(22)14-6-4-3-5-7-14/h3-7,15,20H,8-11H2,1-2H3,(H,18,19). The first-order valence-electron chi connectivity index (χ1n) is 8.26. The van der Waals surface area contributed by atoms with Gasteiger partial charge in [-0.3, -0.25) is 9.89 Å². The van der Waals surface area contributed by atoms with Crippen LogP contribution in [-0.2, 0) is 10.0 Å². The molecule has 7 nitrogen and oxygen atoms in total. The molecule has 0 aliphatic carbocycles. The van der Waals surface area contributed by atoms with Crippen LogP contribution in [0.25, 0.3) is 0 Å². The van der Waals surface area contributed by atoms with E-state index in [1.54, 1.807) is 30.9 Å². The molecule has 1 amide bonds. The number of piperidine rings is 1. The van der Waals surface area contributed by atoms with Crippen LogP contribution < -0.4 is 4.72 Å². The van der Waals surface area contributed by atoms with Crippen LogP contribution in [0.1, 0.15) is 34.6 Å². The van der Waals surface area contributed by atoms with Gasteiger partial charge in [0, 0.05) is 24.7 Å². The molecule has 0 bridgehead atoms. The fourth-order valence-corrected chi connectivity index (χ4v) is 4.85. The van der Waals surface area contributed by atoms with Crippen molar-refractivity contribution in [1.82, 2.24) is 19.8 Å². The molecule has 0 atom stereocenters. The third-order valence-corrected chi connectivity index (χ3v) is 6.24. The largest absolute Gasteiger partial charge is 0.339 e. The van der Waals surface area contributed by atoms with Gasteiger partial charge in [-0.15, -0.1) is 0 Å². The van der Waals surface area contributed by atoms with Gasteiger partial charge in [-0.25, -0.2) is 13.1 Å². The van der Waals surface area contributed by atoms with Crippen LogP contribution in [0.3, 0.4) is 0 Å². The summed E-state index contributed by atoms with van der Waals surface area (Å²) in [7, 11) is -3.62. The Bertz CT molecular complexity index is 834. The van der Waals surface area contributed by atoms with Crippen LogP contribution in [0.4, 0.5) is 0 Å². The molecule has 3 rings (SSSR count). The number of likely N-dealkylation sites (tertiary alicyclic amines) is 1. The van der Waals surface area contributed by atoms with Gasteiger partial charge < -0.3 is 4.90 Å². The molecule has 0 unspecified atom stereocenters. The van der Waals surface area contributed by atoms with Gasteiger partial charge in [0.15, 0.2) is 0 Å². The summed E-state index contributed by atoms with van der Waals surface area (Å²) in [5, 5.41) is 6.65. The monoisotopic (exact) mass is 362 g/mol. The summed E-state index contributed by atoms with van der Waals surface area (Å²) in [6.07, 6.45) is 1.18. The Balaban J connectivity index is 1.62. The molecule has 8 heteroatoms. The van der Waals surface area contributed by atoms with Crippen molar-refractivity contribution in [2.45, 2.75) is 37.6 Å². The summed E-state index contributed by atoms with van der Waals surface area (Å²) in [4.78, 5) is 14.4. The minimum absolute atomic E-state index is 0.0107. The lowest BCUT2D eigenvalue weighted by molar-refractivity contribution is 0.0711. The van der Waals surface area contributed by atoms with Crippen molar-refractivity contribution < 1.29 is 13.2 Å². The fourth-order valence-electron chi connectivity index (χ4n) is 3.18. The average molecular weight is 362 g/mol. The average Bonchev–Trinajstić information content (AvgIpc) is 2.95. The van der Waals surface area contributed by atoms with Crippen molar-refractivity contribution in [3.05, 3.63) is 47.3 Å². The van der Waals surface area contributed by atoms with Crippen molar-refractivity contribution in [3.8, 4) is 0 Å². The molecule has 25 heavy (non-hydrogen) atoms. The number of carbonyl (C=O) groups excluding carboxylic acids is 1. The molecular weight excluding hydrogens is 340 g/mol. The van der Waals surface area contributed by atoms with Crippen molar-refractivity contribution in [3.63, 3.8) is 0 Å². The van der Waals surface area contributed by atoms with E-state index in [1.807, 2.05) is 18.2 Å². The number of sulfonamides is 1. The molecule has 2 heterocycles. The molecule has 1 aromatic carbocycles. The van der Waals surface area contributed by atoms with E-state index in [0.717, 1.165) is 0 Å². The van der Waals surface area contributed by atoms with E-state index in [9.17, 15) is 13.2 Å². The maximum atomic E-state index is 12.6. The first-order valence-corrected chi connectivity index (χ1v) is 9.75. The zero-order valence-corrected chi connectivity index (χ0v) is 15.1. The topological polar surface area (TPSA) is 95.2 Å². The van der Waals surface area contributed by atoms with Gasteiger partial charge in [-0.05, 0) is 38.8 Å². The number of benzene rings is 1. The predicted molar refractivity (Wildman–Crippen MR) is 93.8 cm³/mol. The normalized spacial score (nSPS) is 16.2. The summed E-state index contributed by atoms with van der Waals surface area (Å²) in [6, 6.07) is 8.95. The molecule has 2 aromatic rings. The second-order valence-electron chi connectivity index (χ2n) is 6.32. The summed E-state index contributed by atoms with van der Waals surface area (Å²) >= 11 is 0. The SMILES string of the molecule is Cc1n[nH]c(C)c1S(=O)(=O)NC1CCN(C(=O)c2ccccc2)CC1. The molecular formula is C17H22N4O3S. The second kappa shape index (κ2) is 6.97. The van der Waals surface area contributed by atoms with Gasteiger partial charge >= 0.3 is 0 Å². The van der Waals surface area contributed by atoms with Crippen LogP contribution in [0.5, 0.6) is 0 Å². The Morgan fingerprint density at radius 2 is 1.84 bits per heavy atom. The Hall–Kier alpha value is -2.19. The highest BCUT2D eigenvalue weighted by Crippen LogP contribution is 2.20. The molecule has 0 saturated carbocycles. The minimum atomic E-state index is -3.62. The Kier molecular flexibility index (Phi) is 4.91. The second-order valence-corrected chi connectivity index (χ2v) is 7.97. The van der Waals surface area contributed by atoms with E-state index in [2.05, 4.69) is 14.9 Å². The first kappa shape index (κ1) is 17.6. The van der Waals surface area contributed by atoms with Gasteiger partial charge in [0.25, 0.3) is 5.91 Å². The molecule has 1 saturated heterocycles. The fraction of sp³-hybridized carbons (Fsp3) is 0.412. The number of aromatic amines is 1. The Morgan fingerprint density at radius 1 is 1.20 bits per heavy atom. The van der Waals surface area contributed by atoms with Gasteiger partial charge in [0.2, 0.25) is 10.0 Å². The lowest BCUT2D eigenvalue weighted by atomic mass is 10.0. The van der Waals surface area contributed by atoms with E-state index >= 15 is 0 Å². The molecule has 134 valence electrons. The van der Waals surface area contributed by atoms with E-state index < -0.39 is 10.0 Å². The summed E-state index contributed by atoms with van der Waals surface area (Å²) in [5.41, 5.74) is 1.65. The minimum Gasteiger partial charge on any atom is -0.339 e. The highest BCUT2D eigenvalue weighted by molar-refractivity contribution is 7.89. The number of aryl methyl sites for hydroxylation is 2. The maximum absolute atomic E-state index is 12.6. The van der Waals surface area contributed by atoms with E-state index in [1.165, 1.54) is 0 Å². The molecule has 0 radical (unpaired) electrons. The van der Waals surface area contributed by atoms with Gasteiger partial charge in [0.1, 0.15) is 4.90 Å². The number of hydrogen-bond donors (Lipinski definition) is 2. The van der Waals surface area contributed by atoms with Crippen molar-refractivity contribution in [2.24, 2.45) is 0 Å². The Morgan fingerprint density at radius 3 is 2.40 bits per heavy atom. The summed E-state index contributed by atoms with van der Waals surface area (Å²) in [5.74, 6) is -0.0107. The quantitative estimate of drug-likeness (QED) is 0.864. The smallest absolute Gasteiger partial charge is 0.253 e. The highest BCUT2D eigenvalue weighted by Gasteiger charge is 2.29. The number of nitrogens with one attached hydrogen (secondary N) is 2. The van der Waals surface area contributed by atoms with E-state index in [4.69, 9.17) is 0 Å². The van der Waals surface area contributed by atoms with E-state index in [-0.39, 0.29) is 16.8 Å². The van der Waals surface area contributed by atoms with Crippen LogP contribution in [-0.4, -0.2) is 48.6 Å². The molecule has 1 aliphatic heterocycles. The molecule has 1 fully saturated rings. The number of amides is 1. The molecule has 2 N–H and O–H groups in total. The number of H-pyrrole nitrogens is 1. The number of carbonyl (C=O) groups is 1. The third-order valence-electron chi connectivity index (χ3n) is 4.45. The predicted octanol–water partition coefficient (Wildman–Crippen LogP) is 1.61. The van der Waals surface area contributed by atoms with Crippen LogP contribution in [0.2, 0.25) is 0 Å². The van der Waals surface area contributed by atoms with Gasteiger partial charge in [-0.1, -0.05) is 18.2 Å². The third kappa shape index (κ3) is 3.74. The maximum Gasteiger partial charge on any atom is 0.253 e. The van der Waals surface area contributed by atoms with Crippen LogP contribution in [0, 0.1) is 13.8 Å². The lowest BCUT2D eigenvalue weighted by Crippen LogP contribution is -2.46. The number of rotatable bonds is 4.